The zero-order valence-corrected chi connectivity index (χ0v) is 19.8. The molecule has 0 saturated carbocycles. The van der Waals surface area contributed by atoms with Crippen LogP contribution in [0, 0.1) is 0 Å². The molecule has 0 aliphatic rings. The Kier molecular flexibility index (Phi) is 6.19. The van der Waals surface area contributed by atoms with E-state index < -0.39 is 0 Å². The van der Waals surface area contributed by atoms with E-state index in [-0.39, 0.29) is 6.04 Å². The van der Waals surface area contributed by atoms with Gasteiger partial charge in [-0.25, -0.2) is 9.97 Å². The van der Waals surface area contributed by atoms with E-state index in [1.807, 2.05) is 42.5 Å². The minimum Gasteiger partial charge on any atom is -0.497 e. The highest BCUT2D eigenvalue weighted by atomic mass is 35.5. The molecule has 1 N–H and O–H groups in total. The van der Waals surface area contributed by atoms with Gasteiger partial charge in [-0.1, -0.05) is 54.1 Å². The van der Waals surface area contributed by atoms with Gasteiger partial charge in [-0.15, -0.1) is 0 Å². The predicted octanol–water partition coefficient (Wildman–Crippen LogP) is 6.98. The summed E-state index contributed by atoms with van der Waals surface area (Å²) in [5.74, 6) is 1.62. The van der Waals surface area contributed by atoms with Crippen molar-refractivity contribution in [2.24, 2.45) is 0 Å². The van der Waals surface area contributed by atoms with Crippen LogP contribution in [0.25, 0.3) is 22.3 Å². The summed E-state index contributed by atoms with van der Waals surface area (Å²) in [6.45, 7) is 2.81. The quantitative estimate of drug-likeness (QED) is 0.280. The highest BCUT2D eigenvalue weighted by Crippen LogP contribution is 2.36. The largest absolute Gasteiger partial charge is 0.497 e. The van der Waals surface area contributed by atoms with Crippen molar-refractivity contribution in [1.29, 1.82) is 0 Å². The van der Waals surface area contributed by atoms with Crippen LogP contribution >= 0.6 is 11.6 Å². The molecule has 0 spiro atoms. The summed E-state index contributed by atoms with van der Waals surface area (Å²) < 4.78 is 7.64. The lowest BCUT2D eigenvalue weighted by Crippen LogP contribution is -2.09. The molecular weight excluding hydrogens is 444 g/mol. The second-order valence-electron chi connectivity index (χ2n) is 8.16. The molecule has 0 aliphatic carbocycles. The van der Waals surface area contributed by atoms with Crippen LogP contribution in [-0.4, -0.2) is 21.6 Å². The van der Waals surface area contributed by atoms with E-state index in [2.05, 4.69) is 64.3 Å². The Morgan fingerprint density at radius 2 is 1.74 bits per heavy atom. The van der Waals surface area contributed by atoms with Crippen molar-refractivity contribution < 1.29 is 4.74 Å². The number of benzene rings is 3. The molecule has 1 unspecified atom stereocenters. The Bertz CT molecular complexity index is 1410. The van der Waals surface area contributed by atoms with E-state index in [1.165, 1.54) is 5.56 Å². The van der Waals surface area contributed by atoms with Crippen LogP contribution in [0.1, 0.15) is 24.1 Å². The van der Waals surface area contributed by atoms with Crippen molar-refractivity contribution in [1.82, 2.24) is 14.5 Å². The van der Waals surface area contributed by atoms with E-state index >= 15 is 0 Å². The number of hydrogen-bond acceptors (Lipinski definition) is 4. The summed E-state index contributed by atoms with van der Waals surface area (Å²) >= 11 is 6.16. The maximum atomic E-state index is 6.16. The van der Waals surface area contributed by atoms with E-state index in [9.17, 15) is 0 Å². The molecule has 0 radical (unpaired) electrons. The van der Waals surface area contributed by atoms with Crippen LogP contribution in [0.2, 0.25) is 5.02 Å². The lowest BCUT2D eigenvalue weighted by molar-refractivity contribution is 0.415. The van der Waals surface area contributed by atoms with Crippen molar-refractivity contribution in [3.05, 3.63) is 107 Å². The molecule has 5 rings (SSSR count). The molecule has 0 aliphatic heterocycles. The molecule has 2 heterocycles. The molecule has 2 aromatic heterocycles. The average Bonchev–Trinajstić information content (AvgIpc) is 3.28. The normalized spacial score (nSPS) is 12.0. The van der Waals surface area contributed by atoms with Gasteiger partial charge in [0.15, 0.2) is 0 Å². The molecule has 34 heavy (non-hydrogen) atoms. The first-order valence-electron chi connectivity index (χ1n) is 11.2. The van der Waals surface area contributed by atoms with Gasteiger partial charge in [0.05, 0.1) is 24.2 Å². The van der Waals surface area contributed by atoms with Gasteiger partial charge in [-0.2, -0.15) is 0 Å². The van der Waals surface area contributed by atoms with Gasteiger partial charge in [-0.3, -0.25) is 0 Å². The van der Waals surface area contributed by atoms with Crippen molar-refractivity contribution in [2.45, 2.75) is 19.5 Å². The molecule has 5 nitrogen and oxygen atoms in total. The summed E-state index contributed by atoms with van der Waals surface area (Å²) in [6.07, 6.45) is 1.62. The molecule has 0 fully saturated rings. The number of anilines is 1. The van der Waals surface area contributed by atoms with Crippen LogP contribution in [0.4, 0.5) is 5.82 Å². The lowest BCUT2D eigenvalue weighted by atomic mass is 10.1. The van der Waals surface area contributed by atoms with Crippen LogP contribution in [0.15, 0.2) is 91.3 Å². The highest BCUT2D eigenvalue weighted by molar-refractivity contribution is 6.30. The molecular formula is C28H25ClN4O. The molecule has 0 saturated heterocycles. The fourth-order valence-corrected chi connectivity index (χ4v) is 4.47. The first kappa shape index (κ1) is 22.0. The Balaban J connectivity index is 1.62. The summed E-state index contributed by atoms with van der Waals surface area (Å²) in [5.41, 5.74) is 5.34. The van der Waals surface area contributed by atoms with E-state index in [0.29, 0.717) is 6.54 Å². The summed E-state index contributed by atoms with van der Waals surface area (Å²) in [7, 11) is 1.68. The third-order valence-corrected chi connectivity index (χ3v) is 6.27. The minimum absolute atomic E-state index is 0.0754. The highest BCUT2D eigenvalue weighted by Gasteiger charge is 2.20. The molecule has 0 bridgehead atoms. The van der Waals surface area contributed by atoms with Crippen LogP contribution in [0.3, 0.4) is 0 Å². The summed E-state index contributed by atoms with van der Waals surface area (Å²) in [5, 5.41) is 5.17. The second kappa shape index (κ2) is 9.57. The topological polar surface area (TPSA) is 52.0 Å². The number of fused-ring (bicyclic) bond motifs is 1. The smallest absolute Gasteiger partial charge is 0.146 e. The average molecular weight is 469 g/mol. The monoisotopic (exact) mass is 468 g/mol. The van der Waals surface area contributed by atoms with Crippen LogP contribution in [-0.2, 0) is 6.54 Å². The van der Waals surface area contributed by atoms with Crippen molar-refractivity contribution in [3.8, 4) is 17.0 Å². The maximum Gasteiger partial charge on any atom is 0.146 e. The first-order valence-corrected chi connectivity index (χ1v) is 11.6. The Labute approximate surface area is 204 Å². The Hall–Kier alpha value is -3.83. The van der Waals surface area contributed by atoms with Gasteiger partial charge in [0.1, 0.15) is 23.5 Å². The molecule has 3 aromatic carbocycles. The van der Waals surface area contributed by atoms with Gasteiger partial charge in [0, 0.05) is 11.6 Å². The molecule has 0 amide bonds. The molecule has 1 atom stereocenters. The van der Waals surface area contributed by atoms with Gasteiger partial charge in [0.25, 0.3) is 0 Å². The molecule has 5 aromatic rings. The molecule has 6 heteroatoms. The van der Waals surface area contributed by atoms with Gasteiger partial charge in [-0.05, 0) is 66.1 Å². The number of hydrogen-bond donors (Lipinski definition) is 1. The van der Waals surface area contributed by atoms with E-state index in [0.717, 1.165) is 44.4 Å². The second-order valence-corrected chi connectivity index (χ2v) is 8.59. The number of nitrogens with one attached hydrogen (secondary N) is 1. The SMILES string of the molecule is COc1ccc(-c2cc3c(NCc4cccc(Cl)c4)ncnc3n2C(C)c2ccccc2)cc1. The predicted molar refractivity (Wildman–Crippen MR) is 139 cm³/mol. The van der Waals surface area contributed by atoms with Crippen molar-refractivity contribution in [3.63, 3.8) is 0 Å². The summed E-state index contributed by atoms with van der Waals surface area (Å²) in [6, 6.07) is 28.6. The third-order valence-electron chi connectivity index (χ3n) is 6.04. The van der Waals surface area contributed by atoms with Gasteiger partial charge in [0.2, 0.25) is 0 Å². The van der Waals surface area contributed by atoms with Gasteiger partial charge < -0.3 is 14.6 Å². The number of methoxy groups -OCH3 is 1. The van der Waals surface area contributed by atoms with E-state index in [1.54, 1.807) is 13.4 Å². The zero-order chi connectivity index (χ0) is 23.5. The number of aromatic nitrogens is 3. The number of halogens is 1. The minimum atomic E-state index is 0.0754. The van der Waals surface area contributed by atoms with Crippen molar-refractivity contribution >= 4 is 28.5 Å². The fraction of sp³-hybridized carbons (Fsp3) is 0.143. The number of rotatable bonds is 7. The third kappa shape index (κ3) is 4.35. The standard InChI is InChI=1S/C28H25ClN4O/c1-19(21-8-4-3-5-9-21)33-26(22-11-13-24(34-2)14-12-22)16-25-27(31-18-32-28(25)33)30-17-20-7-6-10-23(29)15-20/h3-16,18-19H,17H2,1-2H3,(H,30,31,32). The molecule has 170 valence electrons. The van der Waals surface area contributed by atoms with Crippen LogP contribution < -0.4 is 10.1 Å². The van der Waals surface area contributed by atoms with Crippen LogP contribution in [0.5, 0.6) is 5.75 Å². The zero-order valence-electron chi connectivity index (χ0n) is 19.1. The lowest BCUT2D eigenvalue weighted by Gasteiger charge is -2.19. The van der Waals surface area contributed by atoms with Gasteiger partial charge >= 0.3 is 0 Å². The number of nitrogens with zero attached hydrogens (tertiary/aromatic N) is 3. The maximum absolute atomic E-state index is 6.16. The first-order chi connectivity index (χ1) is 16.6. The Morgan fingerprint density at radius 3 is 2.47 bits per heavy atom. The Morgan fingerprint density at radius 1 is 0.941 bits per heavy atom. The van der Waals surface area contributed by atoms with E-state index in [4.69, 9.17) is 21.3 Å². The number of ether oxygens (including phenoxy) is 1. The van der Waals surface area contributed by atoms with Crippen molar-refractivity contribution in [2.75, 3.05) is 12.4 Å². The summed E-state index contributed by atoms with van der Waals surface area (Å²) in [4.78, 5) is 9.27. The fourth-order valence-electron chi connectivity index (χ4n) is 4.26.